The predicted molar refractivity (Wildman–Crippen MR) is 105 cm³/mol. The summed E-state index contributed by atoms with van der Waals surface area (Å²) in [5.74, 6) is -0.552. The second-order valence-electron chi connectivity index (χ2n) is 6.96. The largest absolute Gasteiger partial charge is 0.497 e. The Bertz CT molecular complexity index is 840. The van der Waals surface area contributed by atoms with E-state index >= 15 is 0 Å². The van der Waals surface area contributed by atoms with Gasteiger partial charge in [0.1, 0.15) is 10.8 Å². The van der Waals surface area contributed by atoms with Crippen molar-refractivity contribution in [3.8, 4) is 16.3 Å². The molecule has 2 aromatic rings. The van der Waals surface area contributed by atoms with Crippen LogP contribution >= 0.6 is 11.3 Å². The first-order valence-electron chi connectivity index (χ1n) is 8.53. The third kappa shape index (κ3) is 6.99. The average Bonchev–Trinajstić information content (AvgIpc) is 3.06. The van der Waals surface area contributed by atoms with Crippen molar-refractivity contribution < 1.29 is 23.9 Å². The minimum absolute atomic E-state index is 0.0614. The van der Waals surface area contributed by atoms with Crippen LogP contribution in [0.15, 0.2) is 29.6 Å². The van der Waals surface area contributed by atoms with Gasteiger partial charge in [-0.05, 0) is 45.0 Å². The maximum absolute atomic E-state index is 11.9. The van der Waals surface area contributed by atoms with E-state index in [-0.39, 0.29) is 6.42 Å². The number of hydrogen-bond acceptors (Lipinski definition) is 7. The fourth-order valence-electron chi connectivity index (χ4n) is 2.13. The molecule has 1 aromatic heterocycles. The molecule has 2 N–H and O–H groups in total. The van der Waals surface area contributed by atoms with Crippen LogP contribution < -0.4 is 15.4 Å². The first kappa shape index (κ1) is 21.4. The van der Waals surface area contributed by atoms with Crippen LogP contribution in [0.25, 0.3) is 10.6 Å². The molecule has 0 fully saturated rings. The number of nitrogens with zero attached hydrogens (tertiary/aromatic N) is 1. The number of ether oxygens (including phenoxy) is 2. The van der Waals surface area contributed by atoms with Gasteiger partial charge in [-0.2, -0.15) is 0 Å². The molecular weight excluding hydrogens is 382 g/mol. The van der Waals surface area contributed by atoms with Gasteiger partial charge in [-0.1, -0.05) is 0 Å². The number of amides is 3. The fourth-order valence-corrected chi connectivity index (χ4v) is 2.96. The van der Waals surface area contributed by atoms with Gasteiger partial charge in [-0.3, -0.25) is 14.9 Å². The second kappa shape index (κ2) is 9.32. The molecule has 0 saturated heterocycles. The minimum Gasteiger partial charge on any atom is -0.497 e. The van der Waals surface area contributed by atoms with Crippen LogP contribution in [0, 0.1) is 0 Å². The molecule has 9 heteroatoms. The van der Waals surface area contributed by atoms with Crippen molar-refractivity contribution in [1.82, 2.24) is 15.6 Å². The predicted octanol–water partition coefficient (Wildman–Crippen LogP) is 2.53. The maximum Gasteiger partial charge on any atom is 0.321 e. The van der Waals surface area contributed by atoms with Gasteiger partial charge in [0.25, 0.3) is 5.91 Å². The molecule has 0 aliphatic rings. The summed E-state index contributed by atoms with van der Waals surface area (Å²) < 4.78 is 10.0. The van der Waals surface area contributed by atoms with Crippen molar-refractivity contribution in [1.29, 1.82) is 0 Å². The molecule has 3 amide bonds. The Hall–Kier alpha value is -2.94. The first-order valence-corrected chi connectivity index (χ1v) is 9.40. The van der Waals surface area contributed by atoms with Gasteiger partial charge in [0, 0.05) is 16.5 Å². The summed E-state index contributed by atoms with van der Waals surface area (Å²) in [5, 5.41) is 7.20. The van der Waals surface area contributed by atoms with E-state index in [0.717, 1.165) is 16.3 Å². The molecule has 0 saturated carbocycles. The number of nitrogens with one attached hydrogen (secondary N) is 2. The van der Waals surface area contributed by atoms with Crippen molar-refractivity contribution in [2.75, 3.05) is 13.7 Å². The van der Waals surface area contributed by atoms with Gasteiger partial charge in [0.2, 0.25) is 0 Å². The van der Waals surface area contributed by atoms with E-state index in [1.54, 1.807) is 33.3 Å². The van der Waals surface area contributed by atoms with Gasteiger partial charge < -0.3 is 14.8 Å². The quantitative estimate of drug-likeness (QED) is 0.716. The number of esters is 1. The molecular formula is C19H23N3O5S. The van der Waals surface area contributed by atoms with Gasteiger partial charge >= 0.3 is 12.0 Å². The number of carbonyl (C=O) groups is 3. The maximum atomic E-state index is 11.9. The molecule has 28 heavy (non-hydrogen) atoms. The Morgan fingerprint density at radius 3 is 2.43 bits per heavy atom. The average molecular weight is 405 g/mol. The number of imide groups is 1. The summed E-state index contributed by atoms with van der Waals surface area (Å²) in [6.45, 7) is 4.81. The summed E-state index contributed by atoms with van der Waals surface area (Å²) in [5.41, 5.74) is 0.981. The van der Waals surface area contributed by atoms with Gasteiger partial charge in [0.05, 0.1) is 19.2 Å². The van der Waals surface area contributed by atoms with E-state index in [2.05, 4.69) is 15.6 Å². The standard InChI is InChI=1S/C19H23N3O5S/c1-19(2,3)22-18(25)21-15(23)10-27-16(24)9-13-11-28-17(20-13)12-5-7-14(26-4)8-6-12/h5-8,11H,9-10H2,1-4H3,(H2,21,22,23,25). The Morgan fingerprint density at radius 1 is 1.14 bits per heavy atom. The lowest BCUT2D eigenvalue weighted by Crippen LogP contribution is -2.49. The number of hydrogen-bond donors (Lipinski definition) is 2. The summed E-state index contributed by atoms with van der Waals surface area (Å²) in [6.07, 6.45) is -0.0614. The van der Waals surface area contributed by atoms with E-state index < -0.39 is 30.1 Å². The molecule has 150 valence electrons. The molecule has 8 nitrogen and oxygen atoms in total. The van der Waals surface area contributed by atoms with Crippen molar-refractivity contribution in [2.24, 2.45) is 0 Å². The highest BCUT2D eigenvalue weighted by Crippen LogP contribution is 2.25. The third-order valence-corrected chi connectivity index (χ3v) is 4.26. The van der Waals surface area contributed by atoms with Crippen LogP contribution in [0.2, 0.25) is 0 Å². The van der Waals surface area contributed by atoms with E-state index in [1.165, 1.54) is 11.3 Å². The highest BCUT2D eigenvalue weighted by molar-refractivity contribution is 7.13. The number of rotatable bonds is 6. The SMILES string of the molecule is COc1ccc(-c2nc(CC(=O)OCC(=O)NC(=O)NC(C)(C)C)cs2)cc1. The fraction of sp³-hybridized carbons (Fsp3) is 0.368. The number of carbonyl (C=O) groups excluding carboxylic acids is 3. The van der Waals surface area contributed by atoms with Gasteiger partial charge in [-0.25, -0.2) is 9.78 Å². The molecule has 1 heterocycles. The van der Waals surface area contributed by atoms with Crippen molar-refractivity contribution in [3.63, 3.8) is 0 Å². The minimum atomic E-state index is -0.702. The monoisotopic (exact) mass is 405 g/mol. The van der Waals surface area contributed by atoms with Crippen LogP contribution in [0.5, 0.6) is 5.75 Å². The zero-order valence-corrected chi connectivity index (χ0v) is 17.0. The molecule has 0 aliphatic heterocycles. The third-order valence-electron chi connectivity index (χ3n) is 3.32. The summed E-state index contributed by atoms with van der Waals surface area (Å²) in [4.78, 5) is 39.6. The number of aromatic nitrogens is 1. The lowest BCUT2D eigenvalue weighted by atomic mass is 10.1. The number of urea groups is 1. The molecule has 1 aromatic carbocycles. The number of benzene rings is 1. The summed E-state index contributed by atoms with van der Waals surface area (Å²) in [7, 11) is 1.60. The zero-order valence-electron chi connectivity index (χ0n) is 16.2. The molecule has 0 atom stereocenters. The van der Waals surface area contributed by atoms with E-state index in [4.69, 9.17) is 9.47 Å². The molecule has 0 bridgehead atoms. The molecule has 0 unspecified atom stereocenters. The zero-order chi connectivity index (χ0) is 20.7. The first-order chi connectivity index (χ1) is 13.2. The van der Waals surface area contributed by atoms with E-state index in [1.807, 2.05) is 24.3 Å². The highest BCUT2D eigenvalue weighted by atomic mass is 32.1. The normalized spacial score (nSPS) is 10.9. The molecule has 0 aliphatic carbocycles. The van der Waals surface area contributed by atoms with Gasteiger partial charge in [-0.15, -0.1) is 11.3 Å². The summed E-state index contributed by atoms with van der Waals surface area (Å²) >= 11 is 1.40. The Balaban J connectivity index is 1.81. The molecule has 2 rings (SSSR count). The second-order valence-corrected chi connectivity index (χ2v) is 7.82. The Kier molecular flexibility index (Phi) is 7.11. The highest BCUT2D eigenvalue weighted by Gasteiger charge is 2.17. The molecule has 0 spiro atoms. The van der Waals surface area contributed by atoms with Crippen LogP contribution in [0.3, 0.4) is 0 Å². The topological polar surface area (TPSA) is 107 Å². The van der Waals surface area contributed by atoms with Crippen LogP contribution in [-0.4, -0.2) is 42.1 Å². The van der Waals surface area contributed by atoms with Crippen molar-refractivity contribution in [3.05, 3.63) is 35.3 Å². The lowest BCUT2D eigenvalue weighted by molar-refractivity contribution is -0.147. The Labute approximate surface area is 167 Å². The van der Waals surface area contributed by atoms with Crippen LogP contribution in [0.1, 0.15) is 26.5 Å². The smallest absolute Gasteiger partial charge is 0.321 e. The lowest BCUT2D eigenvalue weighted by Gasteiger charge is -2.20. The molecule has 0 radical (unpaired) electrons. The van der Waals surface area contributed by atoms with Crippen molar-refractivity contribution >= 4 is 29.2 Å². The van der Waals surface area contributed by atoms with Crippen LogP contribution in [-0.2, 0) is 20.7 Å². The van der Waals surface area contributed by atoms with Gasteiger partial charge in [0.15, 0.2) is 6.61 Å². The Morgan fingerprint density at radius 2 is 1.82 bits per heavy atom. The van der Waals surface area contributed by atoms with E-state index in [9.17, 15) is 14.4 Å². The number of thiazole rings is 1. The summed E-state index contributed by atoms with van der Waals surface area (Å²) in [6, 6.07) is 6.79. The van der Waals surface area contributed by atoms with Crippen molar-refractivity contribution in [2.45, 2.75) is 32.7 Å². The van der Waals surface area contributed by atoms with E-state index in [0.29, 0.717) is 5.69 Å². The number of methoxy groups -OCH3 is 1. The van der Waals surface area contributed by atoms with Crippen LogP contribution in [0.4, 0.5) is 4.79 Å².